The van der Waals surface area contributed by atoms with Crippen LogP contribution in [0.4, 0.5) is 5.69 Å². The average Bonchev–Trinajstić information content (AvgIpc) is 2.75. The predicted molar refractivity (Wildman–Crippen MR) is 133 cm³/mol. The number of aromatic nitrogens is 1. The van der Waals surface area contributed by atoms with E-state index in [1.807, 2.05) is 31.2 Å². The molecule has 2 rings (SSSR count). The summed E-state index contributed by atoms with van der Waals surface area (Å²) in [6.45, 7) is 4.28. The molecule has 0 atom stereocenters. The first-order chi connectivity index (χ1) is 14.5. The fraction of sp³-hybridized carbons (Fsp3) is 0.400. The smallest absolute Gasteiger partial charge is 0.242 e. The summed E-state index contributed by atoms with van der Waals surface area (Å²) in [5.41, 5.74) is 0.815. The quantitative estimate of drug-likeness (QED) is 0.157. The van der Waals surface area contributed by atoms with Crippen LogP contribution < -0.4 is 20.1 Å². The molecule has 0 aliphatic heterocycles. The maximum atomic E-state index is 12.2. The summed E-state index contributed by atoms with van der Waals surface area (Å²) < 4.78 is 37.7. The van der Waals surface area contributed by atoms with E-state index in [0.717, 1.165) is 17.9 Å². The van der Waals surface area contributed by atoms with Gasteiger partial charge in [-0.3, -0.25) is 9.98 Å². The molecule has 0 saturated heterocycles. The lowest BCUT2D eigenvalue weighted by atomic mass is 10.3. The third kappa shape index (κ3) is 10.3. The summed E-state index contributed by atoms with van der Waals surface area (Å²) in [7, 11) is -1.93. The van der Waals surface area contributed by atoms with E-state index in [0.29, 0.717) is 25.7 Å². The number of nitrogens with one attached hydrogen (secondary N) is 3. The van der Waals surface area contributed by atoms with Gasteiger partial charge in [0.1, 0.15) is 10.6 Å². The topological polar surface area (TPSA) is 114 Å². The molecule has 0 fully saturated rings. The minimum absolute atomic E-state index is 0. The van der Waals surface area contributed by atoms with E-state index in [-0.39, 0.29) is 42.0 Å². The maximum absolute atomic E-state index is 12.2. The van der Waals surface area contributed by atoms with E-state index < -0.39 is 10.0 Å². The molecular weight excluding hydrogens is 533 g/mol. The van der Waals surface area contributed by atoms with Crippen molar-refractivity contribution in [1.82, 2.24) is 15.0 Å². The second-order valence-corrected chi connectivity index (χ2v) is 7.96. The average molecular weight is 563 g/mol. The largest absolute Gasteiger partial charge is 0.493 e. The number of hydrogen-bond donors (Lipinski definition) is 3. The highest BCUT2D eigenvalue weighted by Crippen LogP contribution is 2.17. The SMILES string of the molecule is CCNC(=NCCNS(=O)(=O)c1cccnc1)Nc1cccc(OCCCOC)c1.I. The molecule has 2 aromatic rings. The molecule has 3 N–H and O–H groups in total. The van der Waals surface area contributed by atoms with E-state index in [1.54, 1.807) is 13.2 Å². The van der Waals surface area contributed by atoms with Crippen LogP contribution in [0.25, 0.3) is 0 Å². The molecule has 0 spiro atoms. The molecule has 0 aliphatic rings. The van der Waals surface area contributed by atoms with Gasteiger partial charge < -0.3 is 20.1 Å². The molecule has 31 heavy (non-hydrogen) atoms. The monoisotopic (exact) mass is 563 g/mol. The Labute approximate surface area is 201 Å². The third-order valence-electron chi connectivity index (χ3n) is 3.82. The van der Waals surface area contributed by atoms with Crippen LogP contribution in [0.2, 0.25) is 0 Å². The number of nitrogens with zero attached hydrogens (tertiary/aromatic N) is 2. The second kappa shape index (κ2) is 14.9. The van der Waals surface area contributed by atoms with Crippen LogP contribution in [0.3, 0.4) is 0 Å². The van der Waals surface area contributed by atoms with Crippen molar-refractivity contribution in [3.8, 4) is 5.75 Å². The molecule has 0 bridgehead atoms. The Hall–Kier alpha value is -1.96. The van der Waals surface area contributed by atoms with Gasteiger partial charge >= 0.3 is 0 Å². The van der Waals surface area contributed by atoms with Gasteiger partial charge in [-0.1, -0.05) is 6.07 Å². The Kier molecular flexibility index (Phi) is 13.1. The first-order valence-corrected chi connectivity index (χ1v) is 11.2. The Morgan fingerprint density at radius 3 is 2.74 bits per heavy atom. The molecular formula is C20H30IN5O4S. The lowest BCUT2D eigenvalue weighted by Gasteiger charge is -2.13. The van der Waals surface area contributed by atoms with E-state index in [2.05, 4.69) is 25.3 Å². The van der Waals surface area contributed by atoms with Crippen molar-refractivity contribution in [2.45, 2.75) is 18.2 Å². The second-order valence-electron chi connectivity index (χ2n) is 6.19. The number of sulfonamides is 1. The summed E-state index contributed by atoms with van der Waals surface area (Å²) in [5.74, 6) is 1.30. The van der Waals surface area contributed by atoms with Crippen molar-refractivity contribution >= 4 is 45.6 Å². The number of pyridine rings is 1. The molecule has 1 aromatic carbocycles. The fourth-order valence-electron chi connectivity index (χ4n) is 2.44. The molecule has 0 aliphatic carbocycles. The summed E-state index contributed by atoms with van der Waals surface area (Å²) in [5, 5.41) is 6.33. The number of benzene rings is 1. The highest BCUT2D eigenvalue weighted by Gasteiger charge is 2.12. The molecule has 0 radical (unpaired) electrons. The highest BCUT2D eigenvalue weighted by molar-refractivity contribution is 14.0. The van der Waals surface area contributed by atoms with E-state index >= 15 is 0 Å². The fourth-order valence-corrected chi connectivity index (χ4v) is 3.42. The highest BCUT2D eigenvalue weighted by atomic mass is 127. The van der Waals surface area contributed by atoms with Gasteiger partial charge in [0.15, 0.2) is 5.96 Å². The first-order valence-electron chi connectivity index (χ1n) is 9.72. The standard InChI is InChI=1S/C20H29N5O4S.HI/c1-3-22-20(23-11-12-24-30(26,27)19-9-5-10-21-16-19)25-17-7-4-8-18(15-17)29-14-6-13-28-2;/h4-5,7-10,15-16,24H,3,6,11-14H2,1-2H3,(H2,22,23,25);1H. The molecule has 0 saturated carbocycles. The van der Waals surface area contributed by atoms with Crippen LogP contribution in [0.15, 0.2) is 58.7 Å². The van der Waals surface area contributed by atoms with Gasteiger partial charge in [0, 0.05) is 57.4 Å². The molecule has 0 unspecified atom stereocenters. The first kappa shape index (κ1) is 27.1. The van der Waals surface area contributed by atoms with Gasteiger partial charge in [0.2, 0.25) is 10.0 Å². The van der Waals surface area contributed by atoms with Crippen molar-refractivity contribution in [2.24, 2.45) is 4.99 Å². The van der Waals surface area contributed by atoms with Crippen molar-refractivity contribution in [2.75, 3.05) is 45.3 Å². The van der Waals surface area contributed by atoms with Crippen LogP contribution in [0.5, 0.6) is 5.75 Å². The van der Waals surface area contributed by atoms with Gasteiger partial charge in [0.05, 0.1) is 13.2 Å². The number of halogens is 1. The molecule has 172 valence electrons. The van der Waals surface area contributed by atoms with Crippen molar-refractivity contribution < 1.29 is 17.9 Å². The van der Waals surface area contributed by atoms with Crippen molar-refractivity contribution in [3.63, 3.8) is 0 Å². The van der Waals surface area contributed by atoms with Gasteiger partial charge in [-0.2, -0.15) is 0 Å². The zero-order valence-corrected chi connectivity index (χ0v) is 20.9. The Bertz CT molecular complexity index is 897. The number of guanidine groups is 1. The molecule has 9 nitrogen and oxygen atoms in total. The Morgan fingerprint density at radius 2 is 2.03 bits per heavy atom. The van der Waals surface area contributed by atoms with E-state index in [4.69, 9.17) is 9.47 Å². The summed E-state index contributed by atoms with van der Waals surface area (Å²) in [6.07, 6.45) is 3.64. The van der Waals surface area contributed by atoms with Crippen LogP contribution in [-0.2, 0) is 14.8 Å². The zero-order chi connectivity index (χ0) is 21.7. The summed E-state index contributed by atoms with van der Waals surface area (Å²) in [6, 6.07) is 10.6. The Balaban J connectivity index is 0.00000480. The Morgan fingerprint density at radius 1 is 1.19 bits per heavy atom. The number of aliphatic imine (C=N–C) groups is 1. The van der Waals surface area contributed by atoms with Crippen LogP contribution in [-0.4, -0.2) is 59.3 Å². The third-order valence-corrected chi connectivity index (χ3v) is 5.27. The zero-order valence-electron chi connectivity index (χ0n) is 17.7. The molecule has 1 heterocycles. The maximum Gasteiger partial charge on any atom is 0.242 e. The van der Waals surface area contributed by atoms with Crippen LogP contribution in [0, 0.1) is 0 Å². The summed E-state index contributed by atoms with van der Waals surface area (Å²) >= 11 is 0. The molecule has 11 heteroatoms. The van der Waals surface area contributed by atoms with E-state index in [1.165, 1.54) is 18.5 Å². The lowest BCUT2D eigenvalue weighted by Crippen LogP contribution is -2.32. The van der Waals surface area contributed by atoms with Gasteiger partial charge in [0.25, 0.3) is 0 Å². The minimum atomic E-state index is -3.60. The lowest BCUT2D eigenvalue weighted by molar-refractivity contribution is 0.172. The number of hydrogen-bond acceptors (Lipinski definition) is 6. The van der Waals surface area contributed by atoms with Crippen molar-refractivity contribution in [1.29, 1.82) is 0 Å². The van der Waals surface area contributed by atoms with Crippen LogP contribution in [0.1, 0.15) is 13.3 Å². The number of rotatable bonds is 12. The minimum Gasteiger partial charge on any atom is -0.493 e. The normalized spacial score (nSPS) is 11.5. The van der Waals surface area contributed by atoms with E-state index in [9.17, 15) is 8.42 Å². The predicted octanol–water partition coefficient (Wildman–Crippen LogP) is 2.47. The van der Waals surface area contributed by atoms with Gasteiger partial charge in [-0.05, 0) is 31.2 Å². The van der Waals surface area contributed by atoms with Gasteiger partial charge in [-0.25, -0.2) is 13.1 Å². The van der Waals surface area contributed by atoms with Crippen LogP contribution >= 0.6 is 24.0 Å². The summed E-state index contributed by atoms with van der Waals surface area (Å²) in [4.78, 5) is 8.37. The molecule has 0 amide bonds. The number of ether oxygens (including phenoxy) is 2. The number of anilines is 1. The number of methoxy groups -OCH3 is 1. The van der Waals surface area contributed by atoms with Crippen molar-refractivity contribution in [3.05, 3.63) is 48.8 Å². The molecule has 1 aromatic heterocycles. The van der Waals surface area contributed by atoms with Gasteiger partial charge in [-0.15, -0.1) is 24.0 Å².